The van der Waals surface area contributed by atoms with Gasteiger partial charge in [-0.05, 0) is 27.7 Å². The van der Waals surface area contributed by atoms with Crippen LogP contribution in [0.1, 0.15) is 37.7 Å². The highest BCUT2D eigenvalue weighted by Crippen LogP contribution is 2.24. The minimum Gasteiger partial charge on any atom is -0.354 e. The lowest BCUT2D eigenvalue weighted by Crippen LogP contribution is -2.35. The SMILES string of the molecule is Cc1nn(C)c(N(C)Cc2cscn2)c1CNC(C)(C)C. The van der Waals surface area contributed by atoms with Gasteiger partial charge < -0.3 is 10.2 Å². The van der Waals surface area contributed by atoms with Crippen LogP contribution in [0.2, 0.25) is 0 Å². The zero-order valence-electron chi connectivity index (χ0n) is 13.8. The fraction of sp³-hybridized carbons (Fsp3) is 0.600. The first-order valence-corrected chi connectivity index (χ1v) is 8.08. The molecule has 5 nitrogen and oxygen atoms in total. The van der Waals surface area contributed by atoms with Crippen molar-refractivity contribution < 1.29 is 0 Å². The second-order valence-electron chi connectivity index (χ2n) is 6.45. The van der Waals surface area contributed by atoms with Crippen molar-refractivity contribution >= 4 is 17.2 Å². The highest BCUT2D eigenvalue weighted by atomic mass is 32.1. The van der Waals surface area contributed by atoms with E-state index in [4.69, 9.17) is 0 Å². The number of aromatic nitrogens is 3. The fourth-order valence-electron chi connectivity index (χ4n) is 2.36. The van der Waals surface area contributed by atoms with Crippen LogP contribution in [-0.2, 0) is 20.1 Å². The van der Waals surface area contributed by atoms with Crippen LogP contribution in [0.3, 0.4) is 0 Å². The van der Waals surface area contributed by atoms with E-state index in [1.807, 2.05) is 17.2 Å². The molecule has 0 atom stereocenters. The molecule has 0 bridgehead atoms. The van der Waals surface area contributed by atoms with Gasteiger partial charge in [0.1, 0.15) is 5.82 Å². The fourth-order valence-corrected chi connectivity index (χ4v) is 2.91. The van der Waals surface area contributed by atoms with Crippen LogP contribution in [0.4, 0.5) is 5.82 Å². The summed E-state index contributed by atoms with van der Waals surface area (Å²) < 4.78 is 1.96. The number of rotatable bonds is 5. The molecule has 0 radical (unpaired) electrons. The van der Waals surface area contributed by atoms with E-state index >= 15 is 0 Å². The predicted octanol–water partition coefficient (Wildman–Crippen LogP) is 2.71. The molecule has 0 unspecified atom stereocenters. The van der Waals surface area contributed by atoms with E-state index in [1.54, 1.807) is 11.3 Å². The molecule has 2 aromatic rings. The van der Waals surface area contributed by atoms with Gasteiger partial charge in [0.15, 0.2) is 0 Å². The smallest absolute Gasteiger partial charge is 0.131 e. The van der Waals surface area contributed by atoms with Crippen molar-refractivity contribution in [1.29, 1.82) is 0 Å². The van der Waals surface area contributed by atoms with E-state index in [0.717, 1.165) is 30.3 Å². The second-order valence-corrected chi connectivity index (χ2v) is 7.17. The van der Waals surface area contributed by atoms with E-state index in [9.17, 15) is 0 Å². The van der Waals surface area contributed by atoms with Crippen molar-refractivity contribution in [3.63, 3.8) is 0 Å². The molecule has 0 saturated carbocycles. The number of nitrogens with zero attached hydrogens (tertiary/aromatic N) is 4. The molecular weight excluding hydrogens is 282 g/mol. The zero-order valence-corrected chi connectivity index (χ0v) is 14.6. The van der Waals surface area contributed by atoms with E-state index < -0.39 is 0 Å². The molecule has 0 aliphatic rings. The first-order valence-electron chi connectivity index (χ1n) is 7.13. The van der Waals surface area contributed by atoms with Gasteiger partial charge in [-0.15, -0.1) is 11.3 Å². The Morgan fingerprint density at radius 3 is 2.67 bits per heavy atom. The largest absolute Gasteiger partial charge is 0.354 e. The number of hydrogen-bond donors (Lipinski definition) is 1. The summed E-state index contributed by atoms with van der Waals surface area (Å²) in [6.45, 7) is 10.2. The highest BCUT2D eigenvalue weighted by Gasteiger charge is 2.19. The molecule has 0 fully saturated rings. The Morgan fingerprint density at radius 1 is 1.38 bits per heavy atom. The lowest BCUT2D eigenvalue weighted by molar-refractivity contribution is 0.424. The van der Waals surface area contributed by atoms with Crippen LogP contribution in [0.25, 0.3) is 0 Å². The molecule has 0 spiro atoms. The lowest BCUT2D eigenvalue weighted by Gasteiger charge is -2.24. The summed E-state index contributed by atoms with van der Waals surface area (Å²) >= 11 is 1.63. The van der Waals surface area contributed by atoms with Gasteiger partial charge in [0, 0.05) is 37.1 Å². The van der Waals surface area contributed by atoms with Crippen LogP contribution in [0, 0.1) is 6.92 Å². The summed E-state index contributed by atoms with van der Waals surface area (Å²) in [7, 11) is 4.09. The summed E-state index contributed by atoms with van der Waals surface area (Å²) in [5.74, 6) is 1.15. The van der Waals surface area contributed by atoms with Crippen LogP contribution in [-0.4, -0.2) is 27.4 Å². The molecule has 116 valence electrons. The van der Waals surface area contributed by atoms with Gasteiger partial charge >= 0.3 is 0 Å². The Balaban J connectivity index is 2.21. The summed E-state index contributed by atoms with van der Waals surface area (Å²) in [5.41, 5.74) is 5.39. The Morgan fingerprint density at radius 2 is 2.10 bits per heavy atom. The zero-order chi connectivity index (χ0) is 15.6. The van der Waals surface area contributed by atoms with Gasteiger partial charge in [-0.2, -0.15) is 5.10 Å². The van der Waals surface area contributed by atoms with Crippen molar-refractivity contribution in [2.75, 3.05) is 11.9 Å². The molecule has 2 aromatic heterocycles. The lowest BCUT2D eigenvalue weighted by atomic mass is 10.1. The normalized spacial score (nSPS) is 11.9. The number of hydrogen-bond acceptors (Lipinski definition) is 5. The third-order valence-corrected chi connectivity index (χ3v) is 3.99. The average molecular weight is 307 g/mol. The van der Waals surface area contributed by atoms with Gasteiger partial charge in [0.05, 0.1) is 23.4 Å². The van der Waals surface area contributed by atoms with Crippen molar-refractivity contribution in [2.45, 2.75) is 46.3 Å². The molecular formula is C15H25N5S. The van der Waals surface area contributed by atoms with Gasteiger partial charge in [-0.1, -0.05) is 0 Å². The number of aryl methyl sites for hydroxylation is 2. The maximum atomic E-state index is 4.58. The second kappa shape index (κ2) is 6.15. The van der Waals surface area contributed by atoms with Crippen LogP contribution >= 0.6 is 11.3 Å². The summed E-state index contributed by atoms with van der Waals surface area (Å²) in [6, 6.07) is 0. The first kappa shape index (κ1) is 16.0. The predicted molar refractivity (Wildman–Crippen MR) is 88.8 cm³/mol. The van der Waals surface area contributed by atoms with Crippen LogP contribution in [0.5, 0.6) is 0 Å². The first-order chi connectivity index (χ1) is 9.78. The quantitative estimate of drug-likeness (QED) is 0.922. The number of thiazole rings is 1. The maximum Gasteiger partial charge on any atom is 0.131 e. The Bertz CT molecular complexity index is 580. The molecule has 0 aromatic carbocycles. The summed E-state index contributed by atoms with van der Waals surface area (Å²) in [5, 5.41) is 10.2. The van der Waals surface area contributed by atoms with Gasteiger partial charge in [0.25, 0.3) is 0 Å². The molecule has 1 N–H and O–H groups in total. The average Bonchev–Trinajstić information content (AvgIpc) is 2.93. The third-order valence-electron chi connectivity index (χ3n) is 3.35. The molecule has 0 amide bonds. The third kappa shape index (κ3) is 4.04. The molecule has 0 aliphatic heterocycles. The van der Waals surface area contributed by atoms with Gasteiger partial charge in [-0.25, -0.2) is 4.98 Å². The van der Waals surface area contributed by atoms with E-state index in [1.165, 1.54) is 5.56 Å². The molecule has 2 rings (SSSR count). The maximum absolute atomic E-state index is 4.58. The summed E-state index contributed by atoms with van der Waals surface area (Å²) in [6.07, 6.45) is 0. The minimum absolute atomic E-state index is 0.0903. The van der Waals surface area contributed by atoms with Gasteiger partial charge in [-0.3, -0.25) is 4.68 Å². The molecule has 6 heteroatoms. The van der Waals surface area contributed by atoms with Crippen molar-refractivity contribution in [2.24, 2.45) is 7.05 Å². The van der Waals surface area contributed by atoms with Crippen molar-refractivity contribution in [3.05, 3.63) is 27.8 Å². The van der Waals surface area contributed by atoms with Crippen molar-refractivity contribution in [1.82, 2.24) is 20.1 Å². The monoisotopic (exact) mass is 307 g/mol. The standard InChI is InChI=1S/C15H25N5S/c1-11-13(7-17-15(2,3)4)14(20(6)18-11)19(5)8-12-9-21-10-16-12/h9-10,17H,7-8H2,1-6H3. The minimum atomic E-state index is 0.0903. The summed E-state index contributed by atoms with van der Waals surface area (Å²) in [4.78, 5) is 6.58. The molecule has 21 heavy (non-hydrogen) atoms. The van der Waals surface area contributed by atoms with E-state index in [2.05, 4.69) is 60.4 Å². The Labute approximate surface area is 131 Å². The highest BCUT2D eigenvalue weighted by molar-refractivity contribution is 7.07. The van der Waals surface area contributed by atoms with Gasteiger partial charge in [0.2, 0.25) is 0 Å². The topological polar surface area (TPSA) is 46.0 Å². The van der Waals surface area contributed by atoms with E-state index in [0.29, 0.717) is 0 Å². The molecule has 0 saturated heterocycles. The van der Waals surface area contributed by atoms with Crippen LogP contribution < -0.4 is 10.2 Å². The van der Waals surface area contributed by atoms with Crippen molar-refractivity contribution in [3.8, 4) is 0 Å². The van der Waals surface area contributed by atoms with Crippen LogP contribution in [0.15, 0.2) is 10.9 Å². The van der Waals surface area contributed by atoms with E-state index in [-0.39, 0.29) is 5.54 Å². The molecule has 0 aliphatic carbocycles. The number of nitrogens with one attached hydrogen (secondary N) is 1. The Hall–Kier alpha value is -1.40. The molecule has 2 heterocycles. The number of anilines is 1. The Kier molecular flexibility index (Phi) is 4.68.